The van der Waals surface area contributed by atoms with Crippen LogP contribution in [0, 0.1) is 12.8 Å². The average Bonchev–Trinajstić information content (AvgIpc) is 2.93. The molecule has 23 heavy (non-hydrogen) atoms. The van der Waals surface area contributed by atoms with Crippen molar-refractivity contribution in [3.8, 4) is 5.88 Å². The third-order valence-corrected chi connectivity index (χ3v) is 4.12. The highest BCUT2D eigenvalue weighted by atomic mass is 16.5. The predicted molar refractivity (Wildman–Crippen MR) is 86.1 cm³/mol. The lowest BCUT2D eigenvalue weighted by atomic mass is 9.89. The van der Waals surface area contributed by atoms with Gasteiger partial charge in [0.2, 0.25) is 11.8 Å². The van der Waals surface area contributed by atoms with Crippen LogP contribution in [0.15, 0.2) is 18.3 Å². The predicted octanol–water partition coefficient (Wildman–Crippen LogP) is 1.93. The number of aromatic amines is 1. The van der Waals surface area contributed by atoms with E-state index in [2.05, 4.69) is 20.3 Å². The summed E-state index contributed by atoms with van der Waals surface area (Å²) in [5.41, 5.74) is 3.11. The third kappa shape index (κ3) is 3.52. The molecular weight excluding hydrogens is 292 g/mol. The quantitative estimate of drug-likeness (QED) is 0.884. The van der Waals surface area contributed by atoms with Crippen LogP contribution in [0.2, 0.25) is 0 Å². The van der Waals surface area contributed by atoms with E-state index >= 15 is 0 Å². The normalized spacial score (nSPS) is 16.7. The molecule has 2 aromatic heterocycles. The summed E-state index contributed by atoms with van der Waals surface area (Å²) in [5.74, 6) is 1.59. The molecular formula is C17H22N4O2. The van der Waals surface area contributed by atoms with Crippen molar-refractivity contribution in [2.75, 3.05) is 6.61 Å². The fourth-order valence-electron chi connectivity index (χ4n) is 3.00. The highest BCUT2D eigenvalue weighted by Crippen LogP contribution is 2.24. The molecule has 6 heteroatoms. The van der Waals surface area contributed by atoms with Gasteiger partial charge in [-0.25, -0.2) is 9.97 Å². The van der Waals surface area contributed by atoms with Crippen molar-refractivity contribution in [2.45, 2.75) is 39.7 Å². The van der Waals surface area contributed by atoms with Crippen LogP contribution in [0.5, 0.6) is 5.88 Å². The first-order valence-corrected chi connectivity index (χ1v) is 8.06. The van der Waals surface area contributed by atoms with Crippen molar-refractivity contribution in [1.29, 1.82) is 0 Å². The molecule has 0 aliphatic heterocycles. The number of carbonyl (C=O) groups is 1. The van der Waals surface area contributed by atoms with Gasteiger partial charge in [-0.15, -0.1) is 0 Å². The van der Waals surface area contributed by atoms with E-state index in [-0.39, 0.29) is 11.8 Å². The van der Waals surface area contributed by atoms with Gasteiger partial charge >= 0.3 is 0 Å². The van der Waals surface area contributed by atoms with Crippen molar-refractivity contribution in [2.24, 2.45) is 5.92 Å². The zero-order valence-corrected chi connectivity index (χ0v) is 13.6. The summed E-state index contributed by atoms with van der Waals surface area (Å²) in [5, 5.41) is 3.01. The van der Waals surface area contributed by atoms with Gasteiger partial charge in [-0.05, 0) is 32.8 Å². The molecule has 0 bridgehead atoms. The minimum Gasteiger partial charge on any atom is -0.478 e. The summed E-state index contributed by atoms with van der Waals surface area (Å²) in [6, 6.07) is 3.78. The van der Waals surface area contributed by atoms with Crippen molar-refractivity contribution >= 4 is 5.91 Å². The lowest BCUT2D eigenvalue weighted by Crippen LogP contribution is -2.33. The SMILES string of the molecule is CCOc1ncccc1CNC(=O)C1CCc2nc(C)[nH]c2C1. The van der Waals surface area contributed by atoms with Crippen LogP contribution in [0.25, 0.3) is 0 Å². The van der Waals surface area contributed by atoms with E-state index < -0.39 is 0 Å². The topological polar surface area (TPSA) is 79.9 Å². The Morgan fingerprint density at radius 3 is 3.22 bits per heavy atom. The van der Waals surface area contributed by atoms with Crippen LogP contribution < -0.4 is 10.1 Å². The number of carbonyl (C=O) groups excluding carboxylic acids is 1. The highest BCUT2D eigenvalue weighted by molar-refractivity contribution is 5.79. The molecule has 0 aromatic carbocycles. The number of amides is 1. The van der Waals surface area contributed by atoms with Gasteiger partial charge in [-0.2, -0.15) is 0 Å². The summed E-state index contributed by atoms with van der Waals surface area (Å²) in [6.45, 7) is 4.87. The second-order valence-corrected chi connectivity index (χ2v) is 5.81. The molecule has 6 nitrogen and oxygen atoms in total. The molecule has 2 N–H and O–H groups in total. The molecule has 1 aliphatic carbocycles. The number of pyridine rings is 1. The third-order valence-electron chi connectivity index (χ3n) is 4.12. The van der Waals surface area contributed by atoms with E-state index in [1.807, 2.05) is 26.0 Å². The fourth-order valence-corrected chi connectivity index (χ4v) is 3.00. The molecule has 1 amide bonds. The number of rotatable bonds is 5. The second-order valence-electron chi connectivity index (χ2n) is 5.81. The maximum atomic E-state index is 12.5. The van der Waals surface area contributed by atoms with Gasteiger partial charge in [0.15, 0.2) is 0 Å². The zero-order chi connectivity index (χ0) is 16.2. The standard InChI is InChI=1S/C17H22N4O2/c1-3-23-17-13(5-4-8-18-17)10-19-16(22)12-6-7-14-15(9-12)21-11(2)20-14/h4-5,8,12H,3,6-7,9-10H2,1-2H3,(H,19,22)(H,20,21). The number of hydrogen-bond acceptors (Lipinski definition) is 4. The molecule has 0 saturated heterocycles. The molecule has 1 aliphatic rings. The Bertz CT molecular complexity index is 696. The molecule has 1 unspecified atom stereocenters. The van der Waals surface area contributed by atoms with Crippen LogP contribution in [0.3, 0.4) is 0 Å². The van der Waals surface area contributed by atoms with Gasteiger partial charge < -0.3 is 15.0 Å². The number of hydrogen-bond donors (Lipinski definition) is 2. The Hall–Kier alpha value is -2.37. The summed E-state index contributed by atoms with van der Waals surface area (Å²) in [6.07, 6.45) is 4.12. The Morgan fingerprint density at radius 2 is 2.39 bits per heavy atom. The van der Waals surface area contributed by atoms with Crippen LogP contribution in [0.4, 0.5) is 0 Å². The lowest BCUT2D eigenvalue weighted by Gasteiger charge is -2.20. The number of fused-ring (bicyclic) bond motifs is 1. The number of aromatic nitrogens is 3. The summed E-state index contributed by atoms with van der Waals surface area (Å²) < 4.78 is 5.49. The largest absolute Gasteiger partial charge is 0.478 e. The number of H-pyrrole nitrogens is 1. The Balaban J connectivity index is 1.60. The summed E-state index contributed by atoms with van der Waals surface area (Å²) in [7, 11) is 0. The van der Waals surface area contributed by atoms with E-state index in [1.165, 1.54) is 0 Å². The van der Waals surface area contributed by atoms with Gasteiger partial charge in [-0.1, -0.05) is 6.07 Å². The Morgan fingerprint density at radius 1 is 1.52 bits per heavy atom. The molecule has 0 radical (unpaired) electrons. The summed E-state index contributed by atoms with van der Waals surface area (Å²) >= 11 is 0. The minimum atomic E-state index is -0.00503. The molecule has 122 valence electrons. The maximum absolute atomic E-state index is 12.5. The maximum Gasteiger partial charge on any atom is 0.223 e. The van der Waals surface area contributed by atoms with Crippen LogP contribution in [0.1, 0.15) is 36.1 Å². The monoisotopic (exact) mass is 314 g/mol. The number of nitrogens with zero attached hydrogens (tertiary/aromatic N) is 2. The second kappa shape index (κ2) is 6.81. The molecule has 0 fully saturated rings. The van der Waals surface area contributed by atoms with Crippen molar-refractivity contribution in [3.63, 3.8) is 0 Å². The van der Waals surface area contributed by atoms with Crippen molar-refractivity contribution < 1.29 is 9.53 Å². The highest BCUT2D eigenvalue weighted by Gasteiger charge is 2.26. The first kappa shape index (κ1) is 15.5. The number of imidazole rings is 1. The molecule has 1 atom stereocenters. The first-order chi connectivity index (χ1) is 11.2. The van der Waals surface area contributed by atoms with Crippen molar-refractivity contribution in [3.05, 3.63) is 41.1 Å². The molecule has 2 aromatic rings. The minimum absolute atomic E-state index is 0.00503. The van der Waals surface area contributed by atoms with E-state index in [0.717, 1.165) is 42.0 Å². The number of ether oxygens (including phenoxy) is 1. The molecule has 0 saturated carbocycles. The van der Waals surface area contributed by atoms with Crippen molar-refractivity contribution in [1.82, 2.24) is 20.3 Å². The Labute approximate surface area is 135 Å². The molecule has 3 rings (SSSR count). The van der Waals surface area contributed by atoms with Gasteiger partial charge in [-0.3, -0.25) is 4.79 Å². The molecule has 0 spiro atoms. The van der Waals surface area contributed by atoms with Gasteiger partial charge in [0, 0.05) is 36.3 Å². The van der Waals surface area contributed by atoms with Crippen LogP contribution in [-0.2, 0) is 24.2 Å². The average molecular weight is 314 g/mol. The van der Waals surface area contributed by atoms with Gasteiger partial charge in [0.25, 0.3) is 0 Å². The smallest absolute Gasteiger partial charge is 0.223 e. The summed E-state index contributed by atoms with van der Waals surface area (Å²) in [4.78, 5) is 24.4. The van der Waals surface area contributed by atoms with Gasteiger partial charge in [0.1, 0.15) is 5.82 Å². The first-order valence-electron chi connectivity index (χ1n) is 8.06. The van der Waals surface area contributed by atoms with Crippen LogP contribution in [-0.4, -0.2) is 27.5 Å². The Kier molecular flexibility index (Phi) is 4.60. The fraction of sp³-hybridized carbons (Fsp3) is 0.471. The van der Waals surface area contributed by atoms with E-state index in [1.54, 1.807) is 6.20 Å². The number of nitrogens with one attached hydrogen (secondary N) is 2. The zero-order valence-electron chi connectivity index (χ0n) is 13.6. The number of aryl methyl sites for hydroxylation is 2. The lowest BCUT2D eigenvalue weighted by molar-refractivity contribution is -0.125. The van der Waals surface area contributed by atoms with Gasteiger partial charge in [0.05, 0.1) is 12.3 Å². The van der Waals surface area contributed by atoms with E-state index in [9.17, 15) is 4.79 Å². The van der Waals surface area contributed by atoms with E-state index in [0.29, 0.717) is 19.0 Å². The molecule has 2 heterocycles. The van der Waals surface area contributed by atoms with E-state index in [4.69, 9.17) is 4.74 Å². The van der Waals surface area contributed by atoms with Crippen LogP contribution >= 0.6 is 0 Å².